The van der Waals surface area contributed by atoms with Crippen LogP contribution in [0.4, 0.5) is 4.39 Å². The molecule has 0 saturated carbocycles. The maximum atomic E-state index is 13.5. The number of halogens is 1. The molecule has 1 fully saturated rings. The van der Waals surface area contributed by atoms with Crippen molar-refractivity contribution < 1.29 is 23.8 Å². The van der Waals surface area contributed by atoms with Crippen molar-refractivity contribution >= 4 is 17.4 Å². The van der Waals surface area contributed by atoms with Crippen molar-refractivity contribution in [2.24, 2.45) is 5.92 Å². The molecule has 5 nitrogen and oxygen atoms in total. The van der Waals surface area contributed by atoms with Gasteiger partial charge in [-0.2, -0.15) is 0 Å². The van der Waals surface area contributed by atoms with Gasteiger partial charge in [-0.15, -0.1) is 0 Å². The normalized spacial score (nSPS) is 18.1. The lowest BCUT2D eigenvalue weighted by Crippen LogP contribution is -2.30. The molecule has 164 valence electrons. The SMILES string of the molecule is CCCCN1C(=O)C(=O)/C(=C(\O)c2ccc(OCC(C)C)cc2)C1c1ccc(F)cc1. The van der Waals surface area contributed by atoms with Gasteiger partial charge in [0.25, 0.3) is 11.7 Å². The third-order valence-corrected chi connectivity index (χ3v) is 5.19. The maximum absolute atomic E-state index is 13.5. The minimum Gasteiger partial charge on any atom is -0.507 e. The van der Waals surface area contributed by atoms with Crippen LogP contribution in [0.3, 0.4) is 0 Å². The quantitative estimate of drug-likeness (QED) is 0.364. The van der Waals surface area contributed by atoms with Crippen LogP contribution in [0.25, 0.3) is 5.76 Å². The summed E-state index contributed by atoms with van der Waals surface area (Å²) in [6.45, 7) is 7.03. The molecule has 0 aromatic heterocycles. The minimum atomic E-state index is -0.760. The van der Waals surface area contributed by atoms with Crippen molar-refractivity contribution in [1.29, 1.82) is 0 Å². The number of unbranched alkanes of at least 4 members (excludes halogenated alkanes) is 1. The number of aliphatic hydroxyl groups excluding tert-OH is 1. The number of Topliss-reactive ketones (excluding diaryl/α,β-unsaturated/α-hetero) is 1. The van der Waals surface area contributed by atoms with E-state index in [0.717, 1.165) is 6.42 Å². The van der Waals surface area contributed by atoms with E-state index in [1.54, 1.807) is 36.4 Å². The molecule has 0 radical (unpaired) electrons. The number of amides is 1. The first kappa shape index (κ1) is 22.5. The fraction of sp³-hybridized carbons (Fsp3) is 0.360. The highest BCUT2D eigenvalue weighted by Crippen LogP contribution is 2.39. The fourth-order valence-electron chi connectivity index (χ4n) is 3.56. The first-order valence-corrected chi connectivity index (χ1v) is 10.6. The molecule has 0 bridgehead atoms. The van der Waals surface area contributed by atoms with Crippen LogP contribution in [0.2, 0.25) is 0 Å². The van der Waals surface area contributed by atoms with Gasteiger partial charge in [0.15, 0.2) is 0 Å². The van der Waals surface area contributed by atoms with Crippen LogP contribution >= 0.6 is 0 Å². The van der Waals surface area contributed by atoms with Gasteiger partial charge in [-0.3, -0.25) is 9.59 Å². The van der Waals surface area contributed by atoms with E-state index in [2.05, 4.69) is 0 Å². The Hall–Kier alpha value is -3.15. The van der Waals surface area contributed by atoms with Crippen molar-refractivity contribution in [3.05, 3.63) is 71.0 Å². The fourth-order valence-corrected chi connectivity index (χ4v) is 3.56. The van der Waals surface area contributed by atoms with E-state index in [0.29, 0.717) is 42.4 Å². The number of likely N-dealkylation sites (tertiary alicyclic amines) is 1. The topological polar surface area (TPSA) is 66.8 Å². The van der Waals surface area contributed by atoms with Crippen LogP contribution in [0.1, 0.15) is 50.8 Å². The Bertz CT molecular complexity index is 964. The second-order valence-electron chi connectivity index (χ2n) is 8.13. The Morgan fingerprint density at radius 3 is 2.32 bits per heavy atom. The molecule has 1 heterocycles. The number of hydrogen-bond donors (Lipinski definition) is 1. The number of ketones is 1. The summed E-state index contributed by atoms with van der Waals surface area (Å²) >= 11 is 0. The summed E-state index contributed by atoms with van der Waals surface area (Å²) in [4.78, 5) is 27.1. The molecule has 1 aliphatic rings. The van der Waals surface area contributed by atoms with E-state index in [1.807, 2.05) is 20.8 Å². The second kappa shape index (κ2) is 9.77. The average Bonchev–Trinajstić information content (AvgIpc) is 3.01. The summed E-state index contributed by atoms with van der Waals surface area (Å²) in [6.07, 6.45) is 1.56. The van der Waals surface area contributed by atoms with Gasteiger partial charge >= 0.3 is 0 Å². The van der Waals surface area contributed by atoms with Gasteiger partial charge < -0.3 is 14.7 Å². The first-order chi connectivity index (χ1) is 14.8. The number of carbonyl (C=O) groups is 2. The molecule has 1 N–H and O–H groups in total. The largest absolute Gasteiger partial charge is 0.507 e. The summed E-state index contributed by atoms with van der Waals surface area (Å²) in [5.74, 6) is -1.01. The zero-order valence-electron chi connectivity index (χ0n) is 18.1. The Balaban J connectivity index is 2.02. The first-order valence-electron chi connectivity index (χ1n) is 10.6. The van der Waals surface area contributed by atoms with Crippen LogP contribution in [-0.4, -0.2) is 34.8 Å². The van der Waals surface area contributed by atoms with E-state index in [-0.39, 0.29) is 11.3 Å². The van der Waals surface area contributed by atoms with E-state index in [9.17, 15) is 19.1 Å². The lowest BCUT2D eigenvalue weighted by molar-refractivity contribution is -0.139. The van der Waals surface area contributed by atoms with Gasteiger partial charge in [0, 0.05) is 12.1 Å². The van der Waals surface area contributed by atoms with Gasteiger partial charge in [-0.1, -0.05) is 39.3 Å². The molecule has 1 saturated heterocycles. The minimum absolute atomic E-state index is 0.0172. The summed E-state index contributed by atoms with van der Waals surface area (Å²) in [7, 11) is 0. The summed E-state index contributed by atoms with van der Waals surface area (Å²) in [6, 6.07) is 11.7. The molecule has 31 heavy (non-hydrogen) atoms. The number of benzene rings is 2. The summed E-state index contributed by atoms with van der Waals surface area (Å²) in [5, 5.41) is 11.0. The summed E-state index contributed by atoms with van der Waals surface area (Å²) < 4.78 is 19.1. The predicted molar refractivity (Wildman–Crippen MR) is 117 cm³/mol. The maximum Gasteiger partial charge on any atom is 0.295 e. The van der Waals surface area contributed by atoms with Crippen LogP contribution in [0.5, 0.6) is 5.75 Å². The van der Waals surface area contributed by atoms with Crippen LogP contribution < -0.4 is 4.74 Å². The third-order valence-electron chi connectivity index (χ3n) is 5.19. The van der Waals surface area contributed by atoms with Gasteiger partial charge in [0.2, 0.25) is 0 Å². The van der Waals surface area contributed by atoms with Gasteiger partial charge in [0.1, 0.15) is 17.3 Å². The number of rotatable bonds is 8. The molecule has 1 aliphatic heterocycles. The van der Waals surface area contributed by atoms with Crippen LogP contribution in [0.15, 0.2) is 54.1 Å². The zero-order chi connectivity index (χ0) is 22.5. The average molecular weight is 426 g/mol. The highest BCUT2D eigenvalue weighted by Gasteiger charge is 2.45. The van der Waals surface area contributed by atoms with Gasteiger partial charge in [-0.25, -0.2) is 4.39 Å². The van der Waals surface area contributed by atoms with Crippen LogP contribution in [-0.2, 0) is 9.59 Å². The molecular formula is C25H28FNO4. The van der Waals surface area contributed by atoms with E-state index in [1.165, 1.54) is 17.0 Å². The van der Waals surface area contributed by atoms with Gasteiger partial charge in [0.05, 0.1) is 18.2 Å². The zero-order valence-corrected chi connectivity index (χ0v) is 18.1. The highest BCUT2D eigenvalue weighted by molar-refractivity contribution is 6.46. The third kappa shape index (κ3) is 4.95. The molecule has 2 aromatic carbocycles. The number of carbonyl (C=O) groups excluding carboxylic acids is 2. The smallest absolute Gasteiger partial charge is 0.295 e. The van der Waals surface area contributed by atoms with Crippen molar-refractivity contribution in [3.8, 4) is 5.75 Å². The number of aliphatic hydroxyl groups is 1. The Labute approximate surface area is 182 Å². The molecule has 0 aliphatic carbocycles. The lowest BCUT2D eigenvalue weighted by Gasteiger charge is -2.25. The summed E-state index contributed by atoms with van der Waals surface area (Å²) in [5.41, 5.74) is 1.01. The molecule has 3 rings (SSSR count). The lowest BCUT2D eigenvalue weighted by atomic mass is 9.95. The number of nitrogens with zero attached hydrogens (tertiary/aromatic N) is 1. The second-order valence-corrected chi connectivity index (χ2v) is 8.13. The molecule has 1 unspecified atom stereocenters. The molecular weight excluding hydrogens is 397 g/mol. The number of ether oxygens (including phenoxy) is 1. The van der Waals surface area contributed by atoms with Crippen molar-refractivity contribution in [3.63, 3.8) is 0 Å². The Kier molecular flexibility index (Phi) is 7.10. The van der Waals surface area contributed by atoms with E-state index in [4.69, 9.17) is 4.74 Å². The van der Waals surface area contributed by atoms with Crippen LogP contribution in [0, 0.1) is 11.7 Å². The molecule has 2 aromatic rings. The standard InChI is InChI=1S/C25H28FNO4/c1-4-5-14-27-22(17-6-10-19(26)11-7-17)21(24(29)25(27)30)23(28)18-8-12-20(13-9-18)31-15-16(2)3/h6-13,16,22,28H,4-5,14-15H2,1-3H3/b23-21-. The molecule has 6 heteroatoms. The molecule has 1 atom stereocenters. The van der Waals surface area contributed by atoms with E-state index < -0.39 is 23.5 Å². The predicted octanol–water partition coefficient (Wildman–Crippen LogP) is 5.08. The Morgan fingerprint density at radius 2 is 1.74 bits per heavy atom. The van der Waals surface area contributed by atoms with Gasteiger partial charge in [-0.05, 0) is 54.3 Å². The van der Waals surface area contributed by atoms with Crippen molar-refractivity contribution in [2.45, 2.75) is 39.7 Å². The Morgan fingerprint density at radius 1 is 1.10 bits per heavy atom. The van der Waals surface area contributed by atoms with E-state index >= 15 is 0 Å². The number of hydrogen-bond acceptors (Lipinski definition) is 4. The monoisotopic (exact) mass is 425 g/mol. The molecule has 1 amide bonds. The van der Waals surface area contributed by atoms with Crippen molar-refractivity contribution in [1.82, 2.24) is 4.90 Å². The highest BCUT2D eigenvalue weighted by atomic mass is 19.1. The molecule has 0 spiro atoms. The van der Waals surface area contributed by atoms with Crippen molar-refractivity contribution in [2.75, 3.05) is 13.2 Å².